The highest BCUT2D eigenvalue weighted by molar-refractivity contribution is 7.88. The number of benzene rings is 1. The van der Waals surface area contributed by atoms with Crippen molar-refractivity contribution in [3.8, 4) is 0 Å². The second kappa shape index (κ2) is 5.78. The molecule has 0 aromatic heterocycles. The van der Waals surface area contributed by atoms with E-state index in [1.807, 2.05) is 0 Å². The molecule has 0 spiro atoms. The molecule has 0 bridgehead atoms. The zero-order valence-electron chi connectivity index (χ0n) is 11.7. The van der Waals surface area contributed by atoms with Gasteiger partial charge in [0.05, 0.1) is 16.2 Å². The van der Waals surface area contributed by atoms with Crippen LogP contribution in [-0.4, -0.2) is 49.6 Å². The van der Waals surface area contributed by atoms with Gasteiger partial charge >= 0.3 is 0 Å². The molecule has 0 N–H and O–H groups in total. The molecule has 1 atom stereocenters. The van der Waals surface area contributed by atoms with Gasteiger partial charge in [0.1, 0.15) is 5.69 Å². The number of nitro benzene ring substituents is 1. The highest BCUT2D eigenvalue weighted by Crippen LogP contribution is 2.36. The highest BCUT2D eigenvalue weighted by atomic mass is 35.5. The molecule has 116 valence electrons. The Hall–Kier alpha value is -1.38. The number of halogens is 1. The number of para-hydroxylation sites is 1. The lowest BCUT2D eigenvalue weighted by molar-refractivity contribution is -0.384. The van der Waals surface area contributed by atoms with Crippen LogP contribution in [0.5, 0.6) is 0 Å². The summed E-state index contributed by atoms with van der Waals surface area (Å²) in [6.45, 7) is 2.78. The molecule has 21 heavy (non-hydrogen) atoms. The van der Waals surface area contributed by atoms with Crippen LogP contribution in [0.25, 0.3) is 0 Å². The van der Waals surface area contributed by atoms with E-state index in [1.54, 1.807) is 17.9 Å². The van der Waals surface area contributed by atoms with E-state index in [2.05, 4.69) is 0 Å². The summed E-state index contributed by atoms with van der Waals surface area (Å²) >= 11 is 6.10. The first-order chi connectivity index (χ1) is 9.71. The van der Waals surface area contributed by atoms with E-state index in [-0.39, 0.29) is 18.3 Å². The Kier molecular flexibility index (Phi) is 4.40. The van der Waals surface area contributed by atoms with Crippen molar-refractivity contribution < 1.29 is 13.3 Å². The molecule has 1 aliphatic heterocycles. The lowest BCUT2D eigenvalue weighted by Crippen LogP contribution is -2.53. The zero-order valence-corrected chi connectivity index (χ0v) is 13.3. The molecule has 0 saturated carbocycles. The third-order valence-corrected chi connectivity index (χ3v) is 5.17. The SMILES string of the molecule is CC1CN(c2c(Cl)cccc2[N+](=O)[O-])CCN1S(C)(=O)=O. The average molecular weight is 334 g/mol. The van der Waals surface area contributed by atoms with Gasteiger partial charge in [0.2, 0.25) is 10.0 Å². The summed E-state index contributed by atoms with van der Waals surface area (Å²) in [5.41, 5.74) is 0.284. The van der Waals surface area contributed by atoms with Gasteiger partial charge in [0.25, 0.3) is 5.69 Å². The normalized spacial score (nSPS) is 20.5. The van der Waals surface area contributed by atoms with E-state index in [1.165, 1.54) is 16.4 Å². The molecule has 1 fully saturated rings. The van der Waals surface area contributed by atoms with Gasteiger partial charge in [0.15, 0.2) is 0 Å². The number of anilines is 1. The van der Waals surface area contributed by atoms with Crippen molar-refractivity contribution in [3.63, 3.8) is 0 Å². The van der Waals surface area contributed by atoms with Crippen LogP contribution in [0.3, 0.4) is 0 Å². The molecule has 9 heteroatoms. The van der Waals surface area contributed by atoms with Crippen molar-refractivity contribution in [3.05, 3.63) is 33.3 Å². The van der Waals surface area contributed by atoms with Crippen LogP contribution in [0.15, 0.2) is 18.2 Å². The second-order valence-electron chi connectivity index (χ2n) is 5.03. The van der Waals surface area contributed by atoms with Crippen molar-refractivity contribution in [2.24, 2.45) is 0 Å². The van der Waals surface area contributed by atoms with Crippen molar-refractivity contribution in [2.45, 2.75) is 13.0 Å². The first-order valence-corrected chi connectivity index (χ1v) is 8.59. The largest absolute Gasteiger partial charge is 0.362 e. The van der Waals surface area contributed by atoms with E-state index in [0.717, 1.165) is 6.26 Å². The summed E-state index contributed by atoms with van der Waals surface area (Å²) < 4.78 is 24.7. The minimum Gasteiger partial charge on any atom is -0.362 e. The molecule has 1 unspecified atom stereocenters. The quantitative estimate of drug-likeness (QED) is 0.621. The monoisotopic (exact) mass is 333 g/mol. The Morgan fingerprint density at radius 2 is 2.05 bits per heavy atom. The Bertz CT molecular complexity index is 664. The molecule has 2 rings (SSSR count). The number of nitrogens with zero attached hydrogens (tertiary/aromatic N) is 3. The van der Waals surface area contributed by atoms with Crippen molar-refractivity contribution in [1.82, 2.24) is 4.31 Å². The fourth-order valence-electron chi connectivity index (χ4n) is 2.60. The lowest BCUT2D eigenvalue weighted by Gasteiger charge is -2.39. The lowest BCUT2D eigenvalue weighted by atomic mass is 10.2. The fraction of sp³-hybridized carbons (Fsp3) is 0.500. The Morgan fingerprint density at radius 3 is 2.57 bits per heavy atom. The summed E-state index contributed by atoms with van der Waals surface area (Å²) in [6, 6.07) is 4.25. The Balaban J connectivity index is 2.33. The molecule has 1 heterocycles. The third kappa shape index (κ3) is 3.28. The topological polar surface area (TPSA) is 83.8 Å². The number of rotatable bonds is 3. The number of nitro groups is 1. The Labute approximate surface area is 128 Å². The summed E-state index contributed by atoms with van der Waals surface area (Å²) in [5.74, 6) is 0. The predicted molar refractivity (Wildman–Crippen MR) is 81.3 cm³/mol. The van der Waals surface area contributed by atoms with Crippen molar-refractivity contribution in [2.75, 3.05) is 30.8 Å². The molecule has 1 aromatic carbocycles. The maximum atomic E-state index is 11.7. The van der Waals surface area contributed by atoms with E-state index in [0.29, 0.717) is 23.8 Å². The first-order valence-electron chi connectivity index (χ1n) is 6.36. The van der Waals surface area contributed by atoms with Crippen LogP contribution in [-0.2, 0) is 10.0 Å². The standard InChI is InChI=1S/C12H16ClN3O4S/c1-9-8-14(6-7-15(9)21(2,19)20)12-10(13)4-3-5-11(12)16(17)18/h3-5,9H,6-8H2,1-2H3. The minimum atomic E-state index is -3.28. The van der Waals surface area contributed by atoms with Gasteiger partial charge in [-0.15, -0.1) is 0 Å². The van der Waals surface area contributed by atoms with Crippen LogP contribution in [0.2, 0.25) is 5.02 Å². The third-order valence-electron chi connectivity index (χ3n) is 3.47. The van der Waals surface area contributed by atoms with Crippen LogP contribution < -0.4 is 4.90 Å². The molecule has 1 saturated heterocycles. The summed E-state index contributed by atoms with van der Waals surface area (Å²) in [7, 11) is -3.28. The van der Waals surface area contributed by atoms with E-state index in [9.17, 15) is 18.5 Å². The maximum absolute atomic E-state index is 11.7. The van der Waals surface area contributed by atoms with Gasteiger partial charge in [-0.3, -0.25) is 10.1 Å². The zero-order chi connectivity index (χ0) is 15.8. The number of hydrogen-bond acceptors (Lipinski definition) is 5. The fourth-order valence-corrected chi connectivity index (χ4v) is 4.02. The number of sulfonamides is 1. The average Bonchev–Trinajstić information content (AvgIpc) is 2.36. The first kappa shape index (κ1) is 16.0. The van der Waals surface area contributed by atoms with E-state index in [4.69, 9.17) is 11.6 Å². The molecule has 0 radical (unpaired) electrons. The molecular formula is C12H16ClN3O4S. The van der Waals surface area contributed by atoms with Gasteiger partial charge in [-0.1, -0.05) is 17.7 Å². The number of piperazine rings is 1. The van der Waals surface area contributed by atoms with Gasteiger partial charge in [-0.2, -0.15) is 4.31 Å². The van der Waals surface area contributed by atoms with Crippen LogP contribution in [0, 0.1) is 10.1 Å². The maximum Gasteiger partial charge on any atom is 0.294 e. The van der Waals surface area contributed by atoms with Crippen LogP contribution in [0.1, 0.15) is 6.92 Å². The van der Waals surface area contributed by atoms with Gasteiger partial charge in [-0.25, -0.2) is 8.42 Å². The smallest absolute Gasteiger partial charge is 0.294 e. The van der Waals surface area contributed by atoms with Crippen LogP contribution in [0.4, 0.5) is 11.4 Å². The molecule has 0 amide bonds. The Morgan fingerprint density at radius 1 is 1.38 bits per heavy atom. The summed E-state index contributed by atoms with van der Waals surface area (Å²) in [4.78, 5) is 12.4. The van der Waals surface area contributed by atoms with E-state index >= 15 is 0 Å². The second-order valence-corrected chi connectivity index (χ2v) is 7.38. The molecule has 7 nitrogen and oxygen atoms in total. The van der Waals surface area contributed by atoms with Gasteiger partial charge in [-0.05, 0) is 13.0 Å². The van der Waals surface area contributed by atoms with Gasteiger partial charge in [0, 0.05) is 31.7 Å². The minimum absolute atomic E-state index is 0.0671. The predicted octanol–water partition coefficient (Wildman–Crippen LogP) is 1.72. The van der Waals surface area contributed by atoms with Crippen molar-refractivity contribution in [1.29, 1.82) is 0 Å². The molecule has 0 aliphatic carbocycles. The number of hydrogen-bond donors (Lipinski definition) is 0. The van der Waals surface area contributed by atoms with Gasteiger partial charge < -0.3 is 4.90 Å². The highest BCUT2D eigenvalue weighted by Gasteiger charge is 2.33. The summed E-state index contributed by atoms with van der Waals surface area (Å²) in [5, 5.41) is 11.4. The molecule has 1 aromatic rings. The van der Waals surface area contributed by atoms with E-state index < -0.39 is 14.9 Å². The van der Waals surface area contributed by atoms with Crippen LogP contribution >= 0.6 is 11.6 Å². The molecular weight excluding hydrogens is 318 g/mol. The summed E-state index contributed by atoms with van der Waals surface area (Å²) in [6.07, 6.45) is 1.16. The van der Waals surface area contributed by atoms with Crippen molar-refractivity contribution >= 4 is 33.0 Å². The molecule has 1 aliphatic rings.